The van der Waals surface area contributed by atoms with E-state index in [0.29, 0.717) is 28.3 Å². The second-order valence-corrected chi connectivity index (χ2v) is 8.05. The van der Waals surface area contributed by atoms with Gasteiger partial charge in [-0.3, -0.25) is 9.59 Å². The normalized spacial score (nSPS) is 10.9. The number of benzene rings is 3. The van der Waals surface area contributed by atoms with E-state index < -0.39 is 0 Å². The lowest BCUT2D eigenvalue weighted by atomic mass is 9.87. The van der Waals surface area contributed by atoms with Crippen molar-refractivity contribution in [3.8, 4) is 5.75 Å². The fourth-order valence-corrected chi connectivity index (χ4v) is 2.97. The number of hydrogen-bond donors (Lipinski definition) is 2. The van der Waals surface area contributed by atoms with Crippen LogP contribution in [0.15, 0.2) is 72.8 Å². The fourth-order valence-electron chi connectivity index (χ4n) is 2.97. The molecule has 0 bridgehead atoms. The summed E-state index contributed by atoms with van der Waals surface area (Å²) in [6.07, 6.45) is 0. The molecule has 30 heavy (non-hydrogen) atoms. The van der Waals surface area contributed by atoms with Gasteiger partial charge in [-0.15, -0.1) is 0 Å². The third-order valence-corrected chi connectivity index (χ3v) is 4.72. The number of carbonyl (C=O) groups is 2. The Balaban J connectivity index is 1.69. The first-order chi connectivity index (χ1) is 14.3. The molecule has 154 valence electrons. The molecule has 2 amide bonds. The molecular formula is C25H26N2O3. The lowest BCUT2D eigenvalue weighted by molar-refractivity contribution is 0.101. The van der Waals surface area contributed by atoms with Crippen LogP contribution in [0.3, 0.4) is 0 Å². The molecule has 3 aromatic rings. The first kappa shape index (κ1) is 21.1. The molecule has 0 atom stereocenters. The van der Waals surface area contributed by atoms with Crippen LogP contribution in [0.2, 0.25) is 0 Å². The van der Waals surface area contributed by atoms with Crippen molar-refractivity contribution >= 4 is 23.2 Å². The first-order valence-electron chi connectivity index (χ1n) is 9.73. The number of anilines is 2. The van der Waals surface area contributed by atoms with Crippen LogP contribution in [0.5, 0.6) is 5.75 Å². The van der Waals surface area contributed by atoms with Crippen LogP contribution < -0.4 is 15.4 Å². The van der Waals surface area contributed by atoms with Gasteiger partial charge < -0.3 is 15.4 Å². The van der Waals surface area contributed by atoms with E-state index in [0.717, 1.165) is 0 Å². The van der Waals surface area contributed by atoms with E-state index in [1.54, 1.807) is 55.6 Å². The molecule has 0 aliphatic rings. The van der Waals surface area contributed by atoms with Crippen LogP contribution in [0.1, 0.15) is 47.1 Å². The Morgan fingerprint density at radius 2 is 1.30 bits per heavy atom. The van der Waals surface area contributed by atoms with Gasteiger partial charge in [0.15, 0.2) is 0 Å². The van der Waals surface area contributed by atoms with Crippen molar-refractivity contribution < 1.29 is 14.3 Å². The highest BCUT2D eigenvalue weighted by Crippen LogP contribution is 2.23. The van der Waals surface area contributed by atoms with Crippen molar-refractivity contribution in [2.75, 3.05) is 17.7 Å². The van der Waals surface area contributed by atoms with E-state index >= 15 is 0 Å². The Morgan fingerprint density at radius 3 is 1.87 bits per heavy atom. The molecule has 0 spiro atoms. The van der Waals surface area contributed by atoms with Gasteiger partial charge >= 0.3 is 0 Å². The van der Waals surface area contributed by atoms with Crippen molar-refractivity contribution in [1.29, 1.82) is 0 Å². The van der Waals surface area contributed by atoms with Gasteiger partial charge in [0, 0.05) is 22.5 Å². The van der Waals surface area contributed by atoms with Crippen molar-refractivity contribution in [2.45, 2.75) is 26.2 Å². The molecule has 0 heterocycles. The maximum atomic E-state index is 12.6. The largest absolute Gasteiger partial charge is 0.497 e. The van der Waals surface area contributed by atoms with E-state index in [9.17, 15) is 9.59 Å². The Bertz CT molecular complexity index is 1050. The zero-order chi connectivity index (χ0) is 21.7. The van der Waals surface area contributed by atoms with E-state index in [1.807, 2.05) is 24.3 Å². The Kier molecular flexibility index (Phi) is 6.21. The van der Waals surface area contributed by atoms with Crippen LogP contribution in [-0.2, 0) is 5.41 Å². The third-order valence-electron chi connectivity index (χ3n) is 4.72. The molecule has 0 fully saturated rings. The van der Waals surface area contributed by atoms with Crippen LogP contribution in [0.4, 0.5) is 11.4 Å². The molecule has 3 aromatic carbocycles. The zero-order valence-electron chi connectivity index (χ0n) is 17.7. The first-order valence-corrected chi connectivity index (χ1v) is 9.73. The number of ether oxygens (including phenoxy) is 1. The van der Waals surface area contributed by atoms with Crippen molar-refractivity contribution in [1.82, 2.24) is 0 Å². The molecule has 0 radical (unpaired) electrons. The van der Waals surface area contributed by atoms with Crippen LogP contribution in [-0.4, -0.2) is 18.9 Å². The highest BCUT2D eigenvalue weighted by atomic mass is 16.5. The van der Waals surface area contributed by atoms with Gasteiger partial charge in [0.1, 0.15) is 5.75 Å². The summed E-state index contributed by atoms with van der Waals surface area (Å²) in [4.78, 5) is 25.1. The van der Waals surface area contributed by atoms with Gasteiger partial charge in [-0.1, -0.05) is 45.0 Å². The molecule has 2 N–H and O–H groups in total. The minimum absolute atomic E-state index is 0.0321. The van der Waals surface area contributed by atoms with Crippen molar-refractivity contribution in [3.05, 3.63) is 89.5 Å². The SMILES string of the molecule is COc1cccc(C(=O)Nc2cccc(NC(=O)c3ccc(C(C)(C)C)cc3)c2)c1. The van der Waals surface area contributed by atoms with Gasteiger partial charge in [-0.2, -0.15) is 0 Å². The van der Waals surface area contributed by atoms with E-state index in [-0.39, 0.29) is 17.2 Å². The Labute approximate surface area is 177 Å². The standard InChI is InChI=1S/C25H26N2O3/c1-25(2,3)19-13-11-17(12-14-19)23(28)26-20-8-6-9-21(16-20)27-24(29)18-7-5-10-22(15-18)30-4/h5-16H,1-4H3,(H,26,28)(H,27,29). The number of nitrogens with one attached hydrogen (secondary N) is 2. The predicted octanol–water partition coefficient (Wildman–Crippen LogP) is 5.50. The minimum Gasteiger partial charge on any atom is -0.497 e. The average Bonchev–Trinajstić information content (AvgIpc) is 2.73. The number of amides is 2. The highest BCUT2D eigenvalue weighted by Gasteiger charge is 2.14. The molecule has 3 rings (SSSR count). The maximum absolute atomic E-state index is 12.6. The van der Waals surface area contributed by atoms with Gasteiger partial charge in [-0.25, -0.2) is 0 Å². The number of rotatable bonds is 5. The predicted molar refractivity (Wildman–Crippen MR) is 120 cm³/mol. The lowest BCUT2D eigenvalue weighted by Gasteiger charge is -2.19. The Morgan fingerprint density at radius 1 is 0.733 bits per heavy atom. The third kappa shape index (κ3) is 5.26. The lowest BCUT2D eigenvalue weighted by Crippen LogP contribution is -2.15. The number of hydrogen-bond acceptors (Lipinski definition) is 3. The Hall–Kier alpha value is -3.60. The minimum atomic E-state index is -0.254. The summed E-state index contributed by atoms with van der Waals surface area (Å²) in [6, 6.07) is 21.6. The molecule has 0 saturated carbocycles. The molecule has 0 aromatic heterocycles. The fraction of sp³-hybridized carbons (Fsp3) is 0.200. The van der Waals surface area contributed by atoms with Crippen molar-refractivity contribution in [2.24, 2.45) is 0 Å². The summed E-state index contributed by atoms with van der Waals surface area (Å²) in [5, 5.41) is 5.72. The molecule has 5 heteroatoms. The second kappa shape index (κ2) is 8.82. The summed E-state index contributed by atoms with van der Waals surface area (Å²) >= 11 is 0. The van der Waals surface area contributed by atoms with Gasteiger partial charge in [0.25, 0.3) is 11.8 Å². The maximum Gasteiger partial charge on any atom is 0.255 e. The topological polar surface area (TPSA) is 67.4 Å². The van der Waals surface area contributed by atoms with Crippen LogP contribution in [0, 0.1) is 0 Å². The molecule has 0 unspecified atom stereocenters. The second-order valence-electron chi connectivity index (χ2n) is 8.05. The molecular weight excluding hydrogens is 376 g/mol. The summed E-state index contributed by atoms with van der Waals surface area (Å²) < 4.78 is 5.16. The number of carbonyl (C=O) groups excluding carboxylic acids is 2. The van der Waals surface area contributed by atoms with Crippen LogP contribution in [0.25, 0.3) is 0 Å². The monoisotopic (exact) mass is 402 g/mol. The summed E-state index contributed by atoms with van der Waals surface area (Å²) in [5.41, 5.74) is 3.45. The summed E-state index contributed by atoms with van der Waals surface area (Å²) in [5.74, 6) is 0.156. The molecule has 0 saturated heterocycles. The van der Waals surface area contributed by atoms with Gasteiger partial charge in [0.05, 0.1) is 7.11 Å². The van der Waals surface area contributed by atoms with Crippen molar-refractivity contribution in [3.63, 3.8) is 0 Å². The zero-order valence-corrected chi connectivity index (χ0v) is 17.7. The molecule has 0 aliphatic heterocycles. The number of methoxy groups -OCH3 is 1. The van der Waals surface area contributed by atoms with E-state index in [2.05, 4.69) is 31.4 Å². The summed E-state index contributed by atoms with van der Waals surface area (Å²) in [7, 11) is 1.56. The quantitative estimate of drug-likeness (QED) is 0.592. The van der Waals surface area contributed by atoms with Gasteiger partial charge in [0.2, 0.25) is 0 Å². The molecule has 5 nitrogen and oxygen atoms in total. The highest BCUT2D eigenvalue weighted by molar-refractivity contribution is 6.06. The van der Waals surface area contributed by atoms with Gasteiger partial charge in [-0.05, 0) is 59.5 Å². The average molecular weight is 402 g/mol. The summed E-state index contributed by atoms with van der Waals surface area (Å²) in [6.45, 7) is 6.40. The molecule has 0 aliphatic carbocycles. The van der Waals surface area contributed by atoms with E-state index in [1.165, 1.54) is 5.56 Å². The van der Waals surface area contributed by atoms with Crippen LogP contribution >= 0.6 is 0 Å². The smallest absolute Gasteiger partial charge is 0.255 e. The van der Waals surface area contributed by atoms with E-state index in [4.69, 9.17) is 4.74 Å².